The summed E-state index contributed by atoms with van der Waals surface area (Å²) in [4.78, 5) is 13.7. The predicted molar refractivity (Wildman–Crippen MR) is 109 cm³/mol. The molecule has 0 radical (unpaired) electrons. The van der Waals surface area contributed by atoms with Crippen molar-refractivity contribution in [1.82, 2.24) is 4.90 Å². The van der Waals surface area contributed by atoms with Gasteiger partial charge in [-0.2, -0.15) is 13.2 Å². The Morgan fingerprint density at radius 3 is 2.59 bits per heavy atom. The fourth-order valence-electron chi connectivity index (χ4n) is 3.47. The van der Waals surface area contributed by atoms with Crippen LogP contribution in [0.5, 0.6) is 0 Å². The van der Waals surface area contributed by atoms with E-state index in [9.17, 15) is 18.0 Å². The molecule has 0 bridgehead atoms. The first-order valence-corrected chi connectivity index (χ1v) is 10.6. The van der Waals surface area contributed by atoms with Crippen LogP contribution in [0, 0.1) is 0 Å². The maximum Gasteiger partial charge on any atom is 0.416 e. The highest BCUT2D eigenvalue weighted by Gasteiger charge is 2.34. The molecule has 2 aliphatic rings. The number of piperidine rings is 1. The monoisotopic (exact) mass is 487 g/mol. The minimum absolute atomic E-state index is 0.101. The van der Waals surface area contributed by atoms with Crippen LogP contribution in [0.1, 0.15) is 18.4 Å². The van der Waals surface area contributed by atoms with E-state index in [1.54, 1.807) is 0 Å². The molecule has 5 nitrogen and oxygen atoms in total. The molecule has 0 unspecified atom stereocenters. The van der Waals surface area contributed by atoms with E-state index in [4.69, 9.17) is 5.11 Å². The van der Waals surface area contributed by atoms with Crippen LogP contribution in [0.25, 0.3) is 0 Å². The number of carbonyl (C=O) groups is 1. The summed E-state index contributed by atoms with van der Waals surface area (Å²) in [5, 5.41) is 15.5. The van der Waals surface area contributed by atoms with Crippen molar-refractivity contribution in [3.05, 3.63) is 40.4 Å². The molecule has 10 heteroatoms. The van der Waals surface area contributed by atoms with Crippen LogP contribution in [0.2, 0.25) is 0 Å². The third kappa shape index (κ3) is 4.28. The molecular weight excluding hydrogens is 471 g/mol. The van der Waals surface area contributed by atoms with Crippen molar-refractivity contribution in [2.45, 2.75) is 34.9 Å². The van der Waals surface area contributed by atoms with Gasteiger partial charge in [-0.3, -0.25) is 0 Å². The first-order chi connectivity index (χ1) is 13.7. The van der Waals surface area contributed by atoms with Crippen molar-refractivity contribution in [1.29, 1.82) is 0 Å². The minimum Gasteiger partial charge on any atom is -0.465 e. The van der Waals surface area contributed by atoms with E-state index in [-0.39, 0.29) is 6.04 Å². The summed E-state index contributed by atoms with van der Waals surface area (Å²) in [6.07, 6.45) is -4.36. The molecule has 4 rings (SSSR count). The normalized spacial score (nSPS) is 16.6. The van der Waals surface area contributed by atoms with Crippen molar-refractivity contribution in [2.75, 3.05) is 23.7 Å². The second kappa shape index (κ2) is 7.64. The molecule has 0 saturated carbocycles. The fraction of sp³-hybridized carbons (Fsp3) is 0.316. The molecule has 2 heterocycles. The largest absolute Gasteiger partial charge is 0.465 e. The summed E-state index contributed by atoms with van der Waals surface area (Å²) in [6.45, 7) is 0.709. The Kier molecular flexibility index (Phi) is 5.32. The van der Waals surface area contributed by atoms with E-state index in [2.05, 4.69) is 26.6 Å². The topological polar surface area (TPSA) is 64.6 Å². The third-order valence-electron chi connectivity index (χ3n) is 4.98. The molecule has 3 N–H and O–H groups in total. The Labute approximate surface area is 177 Å². The number of hydrogen-bond acceptors (Lipinski definition) is 4. The van der Waals surface area contributed by atoms with Gasteiger partial charge >= 0.3 is 12.3 Å². The Bertz CT molecular complexity index is 962. The van der Waals surface area contributed by atoms with Gasteiger partial charge in [0.2, 0.25) is 0 Å². The van der Waals surface area contributed by atoms with Gasteiger partial charge in [-0.25, -0.2) is 4.79 Å². The molecule has 0 aromatic heterocycles. The lowest BCUT2D eigenvalue weighted by Gasteiger charge is -2.33. The van der Waals surface area contributed by atoms with E-state index >= 15 is 0 Å². The summed E-state index contributed by atoms with van der Waals surface area (Å²) in [6, 6.07) is 7.80. The number of rotatable bonds is 2. The van der Waals surface area contributed by atoms with Crippen molar-refractivity contribution in [3.63, 3.8) is 0 Å². The van der Waals surface area contributed by atoms with E-state index in [0.29, 0.717) is 42.2 Å². The van der Waals surface area contributed by atoms with Crippen LogP contribution in [0.15, 0.2) is 44.6 Å². The Balaban J connectivity index is 1.65. The molecular formula is C19H17BrF3N3O2S. The standard InChI is InChI=1S/C19H17BrF3N3O2S/c20-11-1-2-13-15(9-11)29-16-8-10(19(21,22)23)7-14(17(16)25-13)24-12-3-5-26(6-4-12)18(27)28/h1-2,7-9,12,24-25H,3-6H2,(H,27,28). The van der Waals surface area contributed by atoms with Gasteiger partial charge < -0.3 is 20.6 Å². The van der Waals surface area contributed by atoms with Crippen LogP contribution >= 0.6 is 27.7 Å². The molecule has 2 aliphatic heterocycles. The first kappa shape index (κ1) is 20.2. The zero-order valence-electron chi connectivity index (χ0n) is 15.0. The highest BCUT2D eigenvalue weighted by molar-refractivity contribution is 9.10. The van der Waals surface area contributed by atoms with Crippen LogP contribution < -0.4 is 10.6 Å². The lowest BCUT2D eigenvalue weighted by molar-refractivity contribution is -0.137. The molecule has 1 fully saturated rings. The lowest BCUT2D eigenvalue weighted by Crippen LogP contribution is -2.41. The number of benzene rings is 2. The Morgan fingerprint density at radius 1 is 1.21 bits per heavy atom. The van der Waals surface area contributed by atoms with Gasteiger partial charge in [-0.15, -0.1) is 0 Å². The van der Waals surface area contributed by atoms with Gasteiger partial charge in [0.15, 0.2) is 0 Å². The van der Waals surface area contributed by atoms with Crippen molar-refractivity contribution >= 4 is 50.8 Å². The number of nitrogens with zero attached hydrogens (tertiary/aromatic N) is 1. The van der Waals surface area contributed by atoms with E-state index < -0.39 is 17.8 Å². The second-order valence-electron chi connectivity index (χ2n) is 6.95. The van der Waals surface area contributed by atoms with Gasteiger partial charge in [0.1, 0.15) is 0 Å². The van der Waals surface area contributed by atoms with Gasteiger partial charge in [-0.1, -0.05) is 27.7 Å². The number of fused-ring (bicyclic) bond motifs is 2. The zero-order valence-corrected chi connectivity index (χ0v) is 17.4. The number of carboxylic acid groups (broad SMARTS) is 1. The molecule has 2 aromatic carbocycles. The van der Waals surface area contributed by atoms with Gasteiger partial charge in [0.05, 0.1) is 22.6 Å². The van der Waals surface area contributed by atoms with E-state index in [1.807, 2.05) is 18.2 Å². The highest BCUT2D eigenvalue weighted by Crippen LogP contribution is 2.50. The van der Waals surface area contributed by atoms with E-state index in [0.717, 1.165) is 27.2 Å². The van der Waals surface area contributed by atoms with Gasteiger partial charge in [0, 0.05) is 33.4 Å². The van der Waals surface area contributed by atoms with Crippen LogP contribution in [-0.4, -0.2) is 35.2 Å². The van der Waals surface area contributed by atoms with E-state index in [1.165, 1.54) is 16.7 Å². The maximum absolute atomic E-state index is 13.5. The second-order valence-corrected chi connectivity index (χ2v) is 8.95. The lowest BCUT2D eigenvalue weighted by atomic mass is 10.0. The molecule has 0 atom stereocenters. The Hall–Kier alpha value is -2.07. The first-order valence-electron chi connectivity index (χ1n) is 8.95. The quantitative estimate of drug-likeness (QED) is 0.399. The number of nitrogens with one attached hydrogen (secondary N) is 2. The molecule has 154 valence electrons. The summed E-state index contributed by atoms with van der Waals surface area (Å²) in [7, 11) is 0. The highest BCUT2D eigenvalue weighted by atomic mass is 79.9. The number of alkyl halides is 3. The molecule has 1 amide bonds. The minimum atomic E-state index is -4.46. The van der Waals surface area contributed by atoms with Crippen LogP contribution in [0.3, 0.4) is 0 Å². The number of hydrogen-bond donors (Lipinski definition) is 3. The summed E-state index contributed by atoms with van der Waals surface area (Å²) >= 11 is 4.68. The number of amides is 1. The van der Waals surface area contributed by atoms with Crippen molar-refractivity contribution in [3.8, 4) is 0 Å². The SMILES string of the molecule is O=C(O)N1CCC(Nc2cc(C(F)(F)F)cc3c2Nc2ccc(Br)cc2S3)CC1. The smallest absolute Gasteiger partial charge is 0.416 e. The van der Waals surface area contributed by atoms with Gasteiger partial charge in [0.25, 0.3) is 0 Å². The summed E-state index contributed by atoms with van der Waals surface area (Å²) in [5.41, 5.74) is 1.10. The van der Waals surface area contributed by atoms with Crippen LogP contribution in [-0.2, 0) is 6.18 Å². The molecule has 0 spiro atoms. The molecule has 2 aromatic rings. The zero-order chi connectivity index (χ0) is 20.8. The average Bonchev–Trinajstić information content (AvgIpc) is 2.66. The predicted octanol–water partition coefficient (Wildman–Crippen LogP) is 6.23. The van der Waals surface area contributed by atoms with Crippen molar-refractivity contribution in [2.24, 2.45) is 0 Å². The maximum atomic E-state index is 13.5. The number of likely N-dealkylation sites (tertiary alicyclic amines) is 1. The van der Waals surface area contributed by atoms with Gasteiger partial charge in [-0.05, 0) is 43.2 Å². The summed E-state index contributed by atoms with van der Waals surface area (Å²) < 4.78 is 41.3. The third-order valence-corrected chi connectivity index (χ3v) is 6.57. The van der Waals surface area contributed by atoms with Crippen LogP contribution in [0.4, 0.5) is 35.0 Å². The molecule has 29 heavy (non-hydrogen) atoms. The fourth-order valence-corrected chi connectivity index (χ4v) is 5.09. The molecule has 0 aliphatic carbocycles. The van der Waals surface area contributed by atoms with Crippen molar-refractivity contribution < 1.29 is 23.1 Å². The summed E-state index contributed by atoms with van der Waals surface area (Å²) in [5.74, 6) is 0. The number of anilines is 3. The Morgan fingerprint density at radius 2 is 1.93 bits per heavy atom. The number of halogens is 4. The average molecular weight is 488 g/mol. The molecule has 1 saturated heterocycles.